The van der Waals surface area contributed by atoms with Crippen LogP contribution in [0.25, 0.3) is 5.57 Å². The molecular formula is C12H13F3. The maximum atomic E-state index is 12.7. The van der Waals surface area contributed by atoms with Crippen molar-refractivity contribution in [2.75, 3.05) is 0 Å². The number of rotatable bonds is 3. The molecule has 0 radical (unpaired) electrons. The van der Waals surface area contributed by atoms with Gasteiger partial charge < -0.3 is 0 Å². The zero-order valence-electron chi connectivity index (χ0n) is 8.51. The predicted octanol–water partition coefficient (Wildman–Crippen LogP) is 4.43. The van der Waals surface area contributed by atoms with E-state index in [1.165, 1.54) is 18.2 Å². The molecule has 0 amide bonds. The number of benzene rings is 1. The van der Waals surface area contributed by atoms with Crippen molar-refractivity contribution in [3.63, 3.8) is 0 Å². The van der Waals surface area contributed by atoms with E-state index in [4.69, 9.17) is 0 Å². The zero-order valence-corrected chi connectivity index (χ0v) is 8.51. The molecule has 0 saturated heterocycles. The Hall–Kier alpha value is -1.25. The average Bonchev–Trinajstić information content (AvgIpc) is 2.18. The summed E-state index contributed by atoms with van der Waals surface area (Å²) >= 11 is 0. The largest absolute Gasteiger partial charge is 0.416 e. The summed E-state index contributed by atoms with van der Waals surface area (Å²) in [6, 6.07) is 7.89. The van der Waals surface area contributed by atoms with Crippen LogP contribution in [0, 0.1) is 0 Å². The molecule has 3 heteroatoms. The molecule has 0 bridgehead atoms. The molecule has 0 unspecified atom stereocenters. The van der Waals surface area contributed by atoms with Crippen molar-refractivity contribution in [2.45, 2.75) is 25.9 Å². The van der Waals surface area contributed by atoms with Gasteiger partial charge in [-0.15, -0.1) is 0 Å². The van der Waals surface area contributed by atoms with Crippen molar-refractivity contribution < 1.29 is 13.2 Å². The highest BCUT2D eigenvalue weighted by molar-refractivity contribution is 5.69. The van der Waals surface area contributed by atoms with Gasteiger partial charge in [-0.1, -0.05) is 49.8 Å². The van der Waals surface area contributed by atoms with Gasteiger partial charge in [-0.25, -0.2) is 0 Å². The van der Waals surface area contributed by atoms with E-state index in [9.17, 15) is 13.2 Å². The summed E-state index contributed by atoms with van der Waals surface area (Å²) in [5.74, 6) is 0. The predicted molar refractivity (Wildman–Crippen MR) is 55.4 cm³/mol. The number of alkyl halides is 3. The van der Waals surface area contributed by atoms with Gasteiger partial charge in [0.15, 0.2) is 0 Å². The van der Waals surface area contributed by atoms with Crippen LogP contribution in [0.4, 0.5) is 13.2 Å². The third-order valence-corrected chi connectivity index (χ3v) is 2.03. The molecule has 0 aliphatic heterocycles. The van der Waals surface area contributed by atoms with Crippen molar-refractivity contribution in [1.29, 1.82) is 0 Å². The fourth-order valence-electron chi connectivity index (χ4n) is 1.30. The lowest BCUT2D eigenvalue weighted by Gasteiger charge is -2.11. The van der Waals surface area contributed by atoms with Crippen molar-refractivity contribution in [2.24, 2.45) is 0 Å². The minimum absolute atomic E-state index is 0.235. The molecule has 0 fully saturated rings. The molecule has 0 aliphatic carbocycles. The fourth-order valence-corrected chi connectivity index (χ4v) is 1.30. The van der Waals surface area contributed by atoms with Gasteiger partial charge in [0.1, 0.15) is 0 Å². The second-order valence-electron chi connectivity index (χ2n) is 3.27. The molecule has 0 spiro atoms. The third kappa shape index (κ3) is 3.42. The number of unbranched alkanes of at least 4 members (excludes halogenated alkanes) is 1. The summed E-state index contributed by atoms with van der Waals surface area (Å²) in [5.41, 5.74) is -0.302. The normalized spacial score (nSPS) is 12.9. The fraction of sp³-hybridized carbons (Fsp3) is 0.333. The second-order valence-corrected chi connectivity index (χ2v) is 3.27. The first-order valence-electron chi connectivity index (χ1n) is 4.88. The first kappa shape index (κ1) is 11.8. The maximum absolute atomic E-state index is 12.7. The third-order valence-electron chi connectivity index (χ3n) is 2.03. The van der Waals surface area contributed by atoms with Crippen molar-refractivity contribution >= 4 is 5.57 Å². The average molecular weight is 214 g/mol. The van der Waals surface area contributed by atoms with E-state index in [1.807, 2.05) is 6.92 Å². The molecule has 82 valence electrons. The van der Waals surface area contributed by atoms with Gasteiger partial charge in [0, 0.05) is 0 Å². The number of halogens is 3. The first-order valence-corrected chi connectivity index (χ1v) is 4.88. The topological polar surface area (TPSA) is 0 Å². The van der Waals surface area contributed by atoms with Crippen LogP contribution in [-0.2, 0) is 0 Å². The number of allylic oxidation sites excluding steroid dienone is 2. The van der Waals surface area contributed by atoms with Gasteiger partial charge in [-0.2, -0.15) is 13.2 Å². The van der Waals surface area contributed by atoms with Gasteiger partial charge in [0.2, 0.25) is 0 Å². The molecular weight excluding hydrogens is 201 g/mol. The van der Waals surface area contributed by atoms with Crippen LogP contribution in [0.5, 0.6) is 0 Å². The summed E-state index contributed by atoms with van der Waals surface area (Å²) < 4.78 is 38.0. The molecule has 1 rings (SSSR count). The second kappa shape index (κ2) is 5.01. The Balaban J connectivity index is 3.03. The van der Waals surface area contributed by atoms with Crippen LogP contribution in [0.15, 0.2) is 36.4 Å². The SMILES string of the molecule is CCC/C=C(/c1ccccc1)C(F)(F)F. The monoisotopic (exact) mass is 214 g/mol. The highest BCUT2D eigenvalue weighted by Crippen LogP contribution is 2.34. The molecule has 0 aliphatic rings. The molecule has 0 N–H and O–H groups in total. The summed E-state index contributed by atoms with van der Waals surface area (Å²) in [7, 11) is 0. The van der Waals surface area contributed by atoms with E-state index < -0.39 is 11.7 Å². The van der Waals surface area contributed by atoms with Crippen molar-refractivity contribution in [3.05, 3.63) is 42.0 Å². The highest BCUT2D eigenvalue weighted by atomic mass is 19.4. The minimum atomic E-state index is -4.27. The Morgan fingerprint density at radius 2 is 1.80 bits per heavy atom. The molecule has 0 heterocycles. The number of hydrogen-bond acceptors (Lipinski definition) is 0. The van der Waals surface area contributed by atoms with Crippen LogP contribution >= 0.6 is 0 Å². The van der Waals surface area contributed by atoms with Gasteiger partial charge in [-0.3, -0.25) is 0 Å². The summed E-state index contributed by atoms with van der Waals surface area (Å²) in [4.78, 5) is 0. The van der Waals surface area contributed by atoms with E-state index in [2.05, 4.69) is 0 Å². The molecule has 1 aromatic carbocycles. The lowest BCUT2D eigenvalue weighted by Crippen LogP contribution is -2.10. The van der Waals surface area contributed by atoms with Crippen LogP contribution in [0.2, 0.25) is 0 Å². The number of hydrogen-bond donors (Lipinski definition) is 0. The van der Waals surface area contributed by atoms with E-state index in [1.54, 1.807) is 18.2 Å². The Kier molecular flexibility index (Phi) is 3.95. The first-order chi connectivity index (χ1) is 7.05. The van der Waals surface area contributed by atoms with Crippen LogP contribution < -0.4 is 0 Å². The quantitative estimate of drug-likeness (QED) is 0.698. The summed E-state index contributed by atoms with van der Waals surface area (Å²) in [5, 5.41) is 0. The van der Waals surface area contributed by atoms with E-state index >= 15 is 0 Å². The smallest absolute Gasteiger partial charge is 0.166 e. The van der Waals surface area contributed by atoms with E-state index in [0.29, 0.717) is 12.8 Å². The van der Waals surface area contributed by atoms with E-state index in [-0.39, 0.29) is 5.56 Å². The highest BCUT2D eigenvalue weighted by Gasteiger charge is 2.33. The standard InChI is InChI=1S/C12H13F3/c1-2-3-9-11(12(13,14)15)10-7-5-4-6-8-10/h4-9H,2-3H2,1H3/b11-9-. The minimum Gasteiger partial charge on any atom is -0.166 e. The van der Waals surface area contributed by atoms with Gasteiger partial charge in [-0.05, 0) is 12.0 Å². The van der Waals surface area contributed by atoms with Gasteiger partial charge >= 0.3 is 6.18 Å². The van der Waals surface area contributed by atoms with Gasteiger partial charge in [0.05, 0.1) is 5.57 Å². The van der Waals surface area contributed by atoms with E-state index in [0.717, 1.165) is 0 Å². The van der Waals surface area contributed by atoms with Crippen LogP contribution in [0.3, 0.4) is 0 Å². The maximum Gasteiger partial charge on any atom is 0.416 e. The summed E-state index contributed by atoms with van der Waals surface area (Å²) in [6.07, 6.45) is -1.85. The van der Waals surface area contributed by atoms with Crippen LogP contribution in [0.1, 0.15) is 25.3 Å². The van der Waals surface area contributed by atoms with Crippen molar-refractivity contribution in [1.82, 2.24) is 0 Å². The lowest BCUT2D eigenvalue weighted by atomic mass is 10.0. The Bertz CT molecular complexity index is 322. The molecule has 0 atom stereocenters. The Morgan fingerprint density at radius 1 is 1.20 bits per heavy atom. The molecule has 0 nitrogen and oxygen atoms in total. The molecule has 1 aromatic rings. The van der Waals surface area contributed by atoms with Crippen molar-refractivity contribution in [3.8, 4) is 0 Å². The molecule has 15 heavy (non-hydrogen) atoms. The van der Waals surface area contributed by atoms with Gasteiger partial charge in [0.25, 0.3) is 0 Å². The Morgan fingerprint density at radius 3 is 2.27 bits per heavy atom. The van der Waals surface area contributed by atoms with Crippen LogP contribution in [-0.4, -0.2) is 6.18 Å². The lowest BCUT2D eigenvalue weighted by molar-refractivity contribution is -0.0690. The Labute approximate surface area is 87.4 Å². The summed E-state index contributed by atoms with van der Waals surface area (Å²) in [6.45, 7) is 1.86. The molecule has 0 aromatic heterocycles. The zero-order chi connectivity index (χ0) is 11.3. The molecule has 0 saturated carbocycles.